The first-order valence-electron chi connectivity index (χ1n) is 11.9. The second kappa shape index (κ2) is 9.92. The predicted molar refractivity (Wildman–Crippen MR) is 131 cm³/mol. The molecule has 0 spiro atoms. The number of hydrogen-bond acceptors (Lipinski definition) is 8. The molecule has 6 rings (SSSR count). The molecule has 2 saturated heterocycles. The monoisotopic (exact) mass is 480 g/mol. The average molecular weight is 480 g/mol. The summed E-state index contributed by atoms with van der Waals surface area (Å²) in [6.07, 6.45) is 5.94. The van der Waals surface area contributed by atoms with Gasteiger partial charge in [-0.15, -0.1) is 10.2 Å². The van der Waals surface area contributed by atoms with E-state index in [4.69, 9.17) is 9.47 Å². The van der Waals surface area contributed by atoms with Gasteiger partial charge in [0.15, 0.2) is 12.6 Å². The van der Waals surface area contributed by atoms with Crippen LogP contribution in [0.15, 0.2) is 49.1 Å². The van der Waals surface area contributed by atoms with Crippen molar-refractivity contribution >= 4 is 12.9 Å². The third-order valence-electron chi connectivity index (χ3n) is 7.20. The largest absolute Gasteiger partial charge is 0.467 e. The highest BCUT2D eigenvalue weighted by molar-refractivity contribution is 6.45. The van der Waals surface area contributed by atoms with E-state index in [0.29, 0.717) is 23.8 Å². The van der Waals surface area contributed by atoms with Crippen LogP contribution < -0.4 is 9.64 Å². The lowest BCUT2D eigenvalue weighted by Gasteiger charge is -2.54. The third kappa shape index (κ3) is 4.51. The minimum Gasteiger partial charge on any atom is -0.467 e. The standard InChI is InChI=1S/C24H30BFN6O3/c1-25(33)32-13-16-4-8-20(32)23(26)24(16)30(2)22-9-7-19(28-29-22)18-6-5-17(31-11-10-27-14-31)12-21(18)35-15-34-3/h5-7,9-12,14,16,20,23-24,33H,4,8,13,15H2,1-3H3/t16?,20-,23+,24-/m0/s1. The number of methoxy groups -OCH3 is 1. The van der Waals surface area contributed by atoms with Gasteiger partial charge < -0.3 is 28.8 Å². The fourth-order valence-electron chi connectivity index (χ4n) is 5.46. The van der Waals surface area contributed by atoms with Crippen LogP contribution in [0.2, 0.25) is 6.82 Å². The van der Waals surface area contributed by atoms with Gasteiger partial charge in [-0.2, -0.15) is 0 Å². The SMILES string of the molecule is COCOc1cc(-n2ccnc2)ccc1-c1ccc(N(C)[C@H]2C3CC[C@@H]([C@H]2F)N(B(C)O)C3)nn1. The van der Waals surface area contributed by atoms with Crippen LogP contribution in [0.1, 0.15) is 12.8 Å². The molecule has 3 aliphatic rings. The van der Waals surface area contributed by atoms with Crippen molar-refractivity contribution in [3.8, 4) is 22.7 Å². The number of hydrogen-bond donors (Lipinski definition) is 1. The van der Waals surface area contributed by atoms with E-state index in [1.54, 1.807) is 26.5 Å². The number of rotatable bonds is 8. The molecule has 1 N–H and O–H groups in total. The molecular formula is C24H30BFN6O3. The molecule has 3 fully saturated rings. The molecule has 35 heavy (non-hydrogen) atoms. The van der Waals surface area contributed by atoms with Crippen molar-refractivity contribution in [3.05, 3.63) is 49.1 Å². The van der Waals surface area contributed by atoms with Crippen LogP contribution in [-0.2, 0) is 4.74 Å². The lowest BCUT2D eigenvalue weighted by atomic mass is 9.68. The third-order valence-corrected chi connectivity index (χ3v) is 7.20. The Labute approximate surface area is 204 Å². The number of imidazole rings is 1. The second-order valence-corrected chi connectivity index (χ2v) is 9.26. The van der Waals surface area contributed by atoms with Crippen molar-refractivity contribution in [1.29, 1.82) is 0 Å². The molecule has 9 nitrogen and oxygen atoms in total. The average Bonchev–Trinajstić information content (AvgIpc) is 3.42. The normalized spacial score (nSPS) is 23.9. The molecule has 2 bridgehead atoms. The first-order chi connectivity index (χ1) is 17.0. The molecule has 0 amide bonds. The summed E-state index contributed by atoms with van der Waals surface area (Å²) < 4.78 is 28.3. The van der Waals surface area contributed by atoms with Gasteiger partial charge in [-0.3, -0.25) is 0 Å². The maximum Gasteiger partial charge on any atom is 0.376 e. The fraction of sp³-hybridized carbons (Fsp3) is 0.458. The van der Waals surface area contributed by atoms with Crippen LogP contribution >= 0.6 is 0 Å². The number of anilines is 1. The van der Waals surface area contributed by atoms with Crippen molar-refractivity contribution in [2.45, 2.75) is 37.9 Å². The summed E-state index contributed by atoms with van der Waals surface area (Å²) in [6, 6.07) is 8.97. The number of alkyl halides is 1. The zero-order valence-electron chi connectivity index (χ0n) is 20.2. The summed E-state index contributed by atoms with van der Waals surface area (Å²) >= 11 is 0. The molecule has 1 saturated carbocycles. The summed E-state index contributed by atoms with van der Waals surface area (Å²) in [5, 5.41) is 18.9. The maximum atomic E-state index is 15.5. The van der Waals surface area contributed by atoms with E-state index < -0.39 is 13.2 Å². The molecule has 1 aliphatic carbocycles. The summed E-state index contributed by atoms with van der Waals surface area (Å²) in [5.74, 6) is 1.35. The molecule has 4 heterocycles. The van der Waals surface area contributed by atoms with E-state index in [0.717, 1.165) is 24.1 Å². The zero-order valence-corrected chi connectivity index (χ0v) is 20.2. The minimum atomic E-state index is -1.06. The Balaban J connectivity index is 1.38. The zero-order chi connectivity index (χ0) is 24.5. The highest BCUT2D eigenvalue weighted by Crippen LogP contribution is 2.41. The number of aromatic nitrogens is 4. The quantitative estimate of drug-likeness (QED) is 0.389. The first-order valence-corrected chi connectivity index (χ1v) is 11.9. The summed E-state index contributed by atoms with van der Waals surface area (Å²) in [4.78, 5) is 7.88. The maximum absolute atomic E-state index is 15.5. The van der Waals surface area contributed by atoms with Crippen molar-refractivity contribution in [3.63, 3.8) is 0 Å². The Kier molecular flexibility index (Phi) is 6.72. The molecule has 3 aromatic rings. The van der Waals surface area contributed by atoms with Crippen molar-refractivity contribution < 1.29 is 18.9 Å². The van der Waals surface area contributed by atoms with Crippen LogP contribution in [-0.4, -0.2) is 82.4 Å². The molecular weight excluding hydrogens is 450 g/mol. The Morgan fingerprint density at radius 2 is 2.09 bits per heavy atom. The van der Waals surface area contributed by atoms with Gasteiger partial charge in [-0.1, -0.05) is 0 Å². The van der Waals surface area contributed by atoms with Gasteiger partial charge in [0.05, 0.1) is 23.8 Å². The van der Waals surface area contributed by atoms with E-state index in [-0.39, 0.29) is 24.8 Å². The number of fused-ring (bicyclic) bond motifs is 3. The highest BCUT2D eigenvalue weighted by atomic mass is 19.1. The van der Waals surface area contributed by atoms with Gasteiger partial charge in [0.1, 0.15) is 11.9 Å². The number of benzene rings is 1. The smallest absolute Gasteiger partial charge is 0.376 e. The lowest BCUT2D eigenvalue weighted by Crippen LogP contribution is -2.68. The van der Waals surface area contributed by atoms with Crippen LogP contribution in [0.25, 0.3) is 16.9 Å². The molecule has 2 aliphatic heterocycles. The van der Waals surface area contributed by atoms with Crippen molar-refractivity contribution in [2.75, 3.05) is 32.4 Å². The van der Waals surface area contributed by atoms with E-state index in [2.05, 4.69) is 15.2 Å². The van der Waals surface area contributed by atoms with Crippen LogP contribution in [0.5, 0.6) is 5.75 Å². The minimum absolute atomic E-state index is 0.0975. The molecule has 1 aromatic carbocycles. The van der Waals surface area contributed by atoms with Gasteiger partial charge in [0.2, 0.25) is 0 Å². The van der Waals surface area contributed by atoms with Crippen LogP contribution in [0, 0.1) is 5.92 Å². The van der Waals surface area contributed by atoms with Crippen molar-refractivity contribution in [2.24, 2.45) is 5.92 Å². The number of halogens is 1. The van der Waals surface area contributed by atoms with E-state index >= 15 is 4.39 Å². The summed E-state index contributed by atoms with van der Waals surface area (Å²) in [7, 11) is 2.81. The highest BCUT2D eigenvalue weighted by Gasteiger charge is 2.51. The Bertz CT molecular complexity index is 1130. The van der Waals surface area contributed by atoms with E-state index in [9.17, 15) is 5.02 Å². The Hall–Kier alpha value is -3.02. The van der Waals surface area contributed by atoms with Gasteiger partial charge in [0.25, 0.3) is 0 Å². The Morgan fingerprint density at radius 3 is 2.74 bits per heavy atom. The molecule has 0 radical (unpaired) electrons. The second-order valence-electron chi connectivity index (χ2n) is 9.26. The summed E-state index contributed by atoms with van der Waals surface area (Å²) in [5.41, 5.74) is 2.32. The number of nitrogens with zero attached hydrogens (tertiary/aromatic N) is 6. The molecule has 2 aromatic heterocycles. The number of piperidine rings is 2. The van der Waals surface area contributed by atoms with Crippen LogP contribution in [0.3, 0.4) is 0 Å². The van der Waals surface area contributed by atoms with Crippen molar-refractivity contribution in [1.82, 2.24) is 24.6 Å². The topological polar surface area (TPSA) is 88.8 Å². The molecule has 184 valence electrons. The first kappa shape index (κ1) is 23.7. The lowest BCUT2D eigenvalue weighted by molar-refractivity contribution is 0.00393. The van der Waals surface area contributed by atoms with Gasteiger partial charge in [0, 0.05) is 44.2 Å². The number of ether oxygens (including phenoxy) is 2. The van der Waals surface area contributed by atoms with Crippen LogP contribution in [0.4, 0.5) is 10.2 Å². The summed E-state index contributed by atoms with van der Waals surface area (Å²) in [6.45, 7) is 2.50. The predicted octanol–water partition coefficient (Wildman–Crippen LogP) is 2.66. The Morgan fingerprint density at radius 1 is 1.23 bits per heavy atom. The van der Waals surface area contributed by atoms with Gasteiger partial charge in [-0.25, -0.2) is 9.37 Å². The molecule has 1 unspecified atom stereocenters. The van der Waals surface area contributed by atoms with E-state index in [1.807, 2.05) is 57.9 Å². The fourth-order valence-corrected chi connectivity index (χ4v) is 5.46. The van der Waals surface area contributed by atoms with E-state index in [1.165, 1.54) is 0 Å². The van der Waals surface area contributed by atoms with Gasteiger partial charge >= 0.3 is 7.05 Å². The molecule has 4 atom stereocenters. The molecule has 11 heteroatoms. The van der Waals surface area contributed by atoms with Gasteiger partial charge in [-0.05, 0) is 56.4 Å².